The van der Waals surface area contributed by atoms with Crippen LogP contribution in [0.1, 0.15) is 103 Å². The fourth-order valence-electron chi connectivity index (χ4n) is 8.34. The zero-order chi connectivity index (χ0) is 42.5. The largest absolute Gasteiger partial charge is 3.00 e. The summed E-state index contributed by atoms with van der Waals surface area (Å²) in [7, 11) is 1.69. The Morgan fingerprint density at radius 1 is 0.672 bits per heavy atom. The molecule has 2 aliphatic carbocycles. The molecule has 5 aromatic carbocycles. The average molecular weight is 893 g/mol. The van der Waals surface area contributed by atoms with Gasteiger partial charge in [0.15, 0.2) is 0 Å². The van der Waals surface area contributed by atoms with Crippen LogP contribution < -0.4 is 9.80 Å². The number of hydrogen-bond acceptors (Lipinski definition) is 2. The number of nitrogens with zero attached hydrogens (tertiary/aromatic N) is 5. The maximum absolute atomic E-state index is 10.9. The Kier molecular flexibility index (Phi) is 21.5. The first-order valence-electron chi connectivity index (χ1n) is 22.0. The van der Waals surface area contributed by atoms with Gasteiger partial charge in [-0.05, 0) is 86.0 Å². The SMILES string of the molecule is COCc1ccccc1N1CCN(c2c(C)cc(C)cc2C)C1=[N-].[CH2-]c1ccccc1.[CH2-]c1ccccc1.[Zr+3].c1ccc(CC(=NC2CCCCC2)[N-]C2CCCCC2)cc1. The minimum absolute atomic E-state index is 0. The van der Waals surface area contributed by atoms with E-state index >= 15 is 0 Å². The topological polar surface area (TPSA) is 64.5 Å². The van der Waals surface area contributed by atoms with Crippen LogP contribution in [0.3, 0.4) is 0 Å². The van der Waals surface area contributed by atoms with Gasteiger partial charge in [0, 0.05) is 13.1 Å². The Bertz CT molecular complexity index is 1960. The second kappa shape index (κ2) is 26.7. The molecule has 8 rings (SSSR count). The molecule has 3 fully saturated rings. The summed E-state index contributed by atoms with van der Waals surface area (Å²) in [4.78, 5) is 9.05. The van der Waals surface area contributed by atoms with Crippen LogP contribution in [-0.4, -0.2) is 44.1 Å². The van der Waals surface area contributed by atoms with Gasteiger partial charge in [0.2, 0.25) is 0 Å². The summed E-state index contributed by atoms with van der Waals surface area (Å²) in [5, 5.41) is 16.0. The van der Waals surface area contributed by atoms with Crippen molar-refractivity contribution in [3.8, 4) is 0 Å². The van der Waals surface area contributed by atoms with E-state index in [0.29, 0.717) is 18.7 Å². The molecule has 7 heteroatoms. The molecule has 6 nitrogen and oxygen atoms in total. The van der Waals surface area contributed by atoms with Crippen LogP contribution in [0.4, 0.5) is 11.4 Å². The van der Waals surface area contributed by atoms with E-state index in [-0.39, 0.29) is 32.2 Å². The molecule has 1 heterocycles. The van der Waals surface area contributed by atoms with E-state index in [1.807, 2.05) is 94.7 Å². The summed E-state index contributed by atoms with van der Waals surface area (Å²) in [5.41, 5.74) is 10.3. The molecular weight excluding hydrogens is 826 g/mol. The van der Waals surface area contributed by atoms with Crippen LogP contribution in [0, 0.1) is 34.6 Å². The monoisotopic (exact) mass is 891 g/mol. The van der Waals surface area contributed by atoms with Crippen molar-refractivity contribution in [1.29, 1.82) is 0 Å². The fraction of sp³-hybridized carbons (Fsp3) is 0.370. The second-order valence-corrected chi connectivity index (χ2v) is 16.3. The first kappa shape index (κ1) is 49.1. The van der Waals surface area contributed by atoms with E-state index in [4.69, 9.17) is 15.0 Å². The summed E-state index contributed by atoms with van der Waals surface area (Å²) >= 11 is 0. The first-order valence-corrected chi connectivity index (χ1v) is 22.0. The Balaban J connectivity index is 0.000000202. The molecule has 61 heavy (non-hydrogen) atoms. The third-order valence-electron chi connectivity index (χ3n) is 11.2. The van der Waals surface area contributed by atoms with Crippen LogP contribution in [0.25, 0.3) is 10.7 Å². The summed E-state index contributed by atoms with van der Waals surface area (Å²) in [6, 6.07) is 43.9. The normalized spacial score (nSPS) is 15.5. The number of amidine groups is 1. The van der Waals surface area contributed by atoms with Gasteiger partial charge in [-0.2, -0.15) is 49.2 Å². The van der Waals surface area contributed by atoms with Gasteiger partial charge in [0.05, 0.1) is 6.61 Å². The number of benzene rings is 5. The predicted molar refractivity (Wildman–Crippen MR) is 257 cm³/mol. The quantitative estimate of drug-likeness (QED) is 0.0885. The number of para-hydroxylation sites is 1. The molecule has 0 spiro atoms. The van der Waals surface area contributed by atoms with Crippen molar-refractivity contribution in [1.82, 2.24) is 0 Å². The van der Waals surface area contributed by atoms with E-state index in [9.17, 15) is 5.41 Å². The molecule has 1 aliphatic heterocycles. The molecule has 0 amide bonds. The van der Waals surface area contributed by atoms with Gasteiger partial charge in [0.1, 0.15) is 0 Å². The molecule has 0 atom stereocenters. The third kappa shape index (κ3) is 16.3. The van der Waals surface area contributed by atoms with Crippen molar-refractivity contribution in [2.45, 2.75) is 110 Å². The van der Waals surface area contributed by atoms with Gasteiger partial charge < -0.3 is 30.3 Å². The summed E-state index contributed by atoms with van der Waals surface area (Å²) in [5.74, 6) is 1.40. The van der Waals surface area contributed by atoms with E-state index in [2.05, 4.69) is 77.1 Å². The molecular formula is C54H67N5OZr-. The predicted octanol–water partition coefficient (Wildman–Crippen LogP) is 13.4. The Labute approximate surface area is 387 Å². The van der Waals surface area contributed by atoms with Crippen molar-refractivity contribution < 1.29 is 30.9 Å². The third-order valence-corrected chi connectivity index (χ3v) is 11.2. The molecule has 3 aliphatic rings. The number of aliphatic imine (C=N–C) groups is 1. The Morgan fingerprint density at radius 3 is 1.69 bits per heavy atom. The smallest absolute Gasteiger partial charge is 0.466 e. The number of guanidine groups is 1. The molecule has 0 N–H and O–H groups in total. The number of aryl methyl sites for hydroxylation is 3. The van der Waals surface area contributed by atoms with Gasteiger partial charge in [-0.25, -0.2) is 0 Å². The minimum Gasteiger partial charge on any atom is -0.466 e. The summed E-state index contributed by atoms with van der Waals surface area (Å²) < 4.78 is 5.30. The van der Waals surface area contributed by atoms with E-state index in [0.717, 1.165) is 53.4 Å². The molecule has 1 saturated heterocycles. The molecule has 5 aromatic rings. The zero-order valence-corrected chi connectivity index (χ0v) is 39.7. The average Bonchev–Trinajstić information content (AvgIpc) is 3.63. The maximum Gasteiger partial charge on any atom is 3.00 e. The number of methoxy groups -OCH3 is 1. The van der Waals surface area contributed by atoms with Crippen LogP contribution in [0.5, 0.6) is 0 Å². The van der Waals surface area contributed by atoms with Crippen molar-refractivity contribution in [3.05, 3.63) is 191 Å². The van der Waals surface area contributed by atoms with Crippen molar-refractivity contribution in [3.63, 3.8) is 0 Å². The molecule has 0 bridgehead atoms. The molecule has 0 unspecified atom stereocenters. The summed E-state index contributed by atoms with van der Waals surface area (Å²) in [6.45, 7) is 15.8. The molecule has 1 radical (unpaired) electrons. The van der Waals surface area contributed by atoms with Crippen molar-refractivity contribution in [2.75, 3.05) is 30.0 Å². The molecule has 319 valence electrons. The second-order valence-electron chi connectivity index (χ2n) is 16.3. The molecule has 0 aromatic heterocycles. The van der Waals surface area contributed by atoms with Crippen LogP contribution in [0.15, 0.2) is 132 Å². The van der Waals surface area contributed by atoms with Gasteiger partial charge in [0.25, 0.3) is 0 Å². The molecule has 2 saturated carbocycles. The van der Waals surface area contributed by atoms with Gasteiger partial charge >= 0.3 is 26.2 Å². The Morgan fingerprint density at radius 2 is 1.16 bits per heavy atom. The standard InChI is InChI=1S/C20H24N3O.C20H29N2.2C7H7.Zr/c1-14-11-15(2)19(16(3)12-14)23-10-9-22(20(23)21)18-8-6-5-7-17(18)13-24-4;1-4-10-17(11-5-1)16-20(21-18-12-6-2-7-13-18)22-19-14-8-3-9-15-19;2*1-7-5-3-2-4-6-7;/h5-8,11-12H,9-10,13H2,1-4H3;1,4-5,10-11,18-19H,2-3,6-9,12-16H2;2*2-6H,1H2;/q4*-1;+3. The van der Waals surface area contributed by atoms with Gasteiger partial charge in [-0.1, -0.05) is 154 Å². The number of rotatable bonds is 8. The zero-order valence-electron chi connectivity index (χ0n) is 37.2. The van der Waals surface area contributed by atoms with E-state index < -0.39 is 0 Å². The van der Waals surface area contributed by atoms with Crippen molar-refractivity contribution >= 4 is 23.2 Å². The summed E-state index contributed by atoms with van der Waals surface area (Å²) in [6.07, 6.45) is 14.1. The fourth-order valence-corrected chi connectivity index (χ4v) is 8.34. The number of ether oxygens (including phenoxy) is 1. The number of hydrogen-bond donors (Lipinski definition) is 0. The Hall–Kier alpha value is -4.58. The maximum atomic E-state index is 10.9. The van der Waals surface area contributed by atoms with Crippen LogP contribution in [0.2, 0.25) is 0 Å². The van der Waals surface area contributed by atoms with Crippen LogP contribution in [-0.2, 0) is 44.0 Å². The van der Waals surface area contributed by atoms with E-state index in [1.54, 1.807) is 7.11 Å². The minimum atomic E-state index is 0. The van der Waals surface area contributed by atoms with Crippen LogP contribution >= 0.6 is 0 Å². The van der Waals surface area contributed by atoms with Crippen molar-refractivity contribution in [2.24, 2.45) is 4.99 Å². The first-order chi connectivity index (χ1) is 29.2. The van der Waals surface area contributed by atoms with Gasteiger partial charge in [-0.15, -0.1) is 24.3 Å². The number of anilines is 2. The van der Waals surface area contributed by atoms with Gasteiger partial charge in [-0.3, -0.25) is 0 Å². The van der Waals surface area contributed by atoms with E-state index in [1.165, 1.54) is 86.5 Å².